The van der Waals surface area contributed by atoms with Crippen molar-refractivity contribution in [1.82, 2.24) is 5.32 Å². The molecule has 0 rings (SSSR count). The predicted molar refractivity (Wildman–Crippen MR) is 197 cm³/mol. The molecule has 0 saturated heterocycles. The normalized spacial score (nSPS) is 14.5. The Balaban J connectivity index is 4.40. The highest BCUT2D eigenvalue weighted by Crippen LogP contribution is 2.43. The minimum absolute atomic E-state index is 0.190. The van der Waals surface area contributed by atoms with Crippen molar-refractivity contribution in [3.8, 4) is 0 Å². The molecule has 0 fully saturated rings. The molecule has 0 aliphatic heterocycles. The lowest BCUT2D eigenvalue weighted by Crippen LogP contribution is -2.29. The van der Waals surface area contributed by atoms with Gasteiger partial charge in [-0.15, -0.1) is 0 Å². The van der Waals surface area contributed by atoms with E-state index in [0.717, 1.165) is 38.5 Å². The second-order valence-electron chi connectivity index (χ2n) is 13.3. The van der Waals surface area contributed by atoms with Crippen molar-refractivity contribution in [3.05, 3.63) is 0 Å². The van der Waals surface area contributed by atoms with Crippen LogP contribution in [0.1, 0.15) is 198 Å². The highest BCUT2D eigenvalue weighted by atomic mass is 31.2. The van der Waals surface area contributed by atoms with Gasteiger partial charge in [0.25, 0.3) is 0 Å². The van der Waals surface area contributed by atoms with Gasteiger partial charge in [-0.2, -0.15) is 0 Å². The summed E-state index contributed by atoms with van der Waals surface area (Å²) in [6.45, 7) is 0.665. The van der Waals surface area contributed by atoms with Crippen molar-refractivity contribution < 1.29 is 41.7 Å². The van der Waals surface area contributed by atoms with Crippen molar-refractivity contribution in [1.29, 1.82) is 0 Å². The molecule has 0 bridgehead atoms. The quantitative estimate of drug-likeness (QED) is 0.0367. The minimum Gasteiger partial charge on any atom is -0.462 e. The summed E-state index contributed by atoms with van der Waals surface area (Å²) >= 11 is 0. The molecule has 0 aliphatic rings. The molecule has 0 aromatic rings. The summed E-state index contributed by atoms with van der Waals surface area (Å²) in [5, 5.41) is 2.17. The lowest BCUT2D eigenvalue weighted by atomic mass is 10.0. The van der Waals surface area contributed by atoms with E-state index in [-0.39, 0.29) is 32.6 Å². The van der Waals surface area contributed by atoms with Crippen LogP contribution in [-0.4, -0.2) is 56.3 Å². The Bertz CT molecular complexity index is 866. The molecule has 0 amide bonds. The maximum Gasteiger partial charge on any atom is 0.472 e. The van der Waals surface area contributed by atoms with E-state index in [1.54, 1.807) is 0 Å². The van der Waals surface area contributed by atoms with Crippen LogP contribution in [0.25, 0.3) is 0 Å². The smallest absolute Gasteiger partial charge is 0.462 e. The van der Waals surface area contributed by atoms with Crippen LogP contribution in [0, 0.1) is 0 Å². The molecule has 0 heterocycles. The Morgan fingerprint density at radius 3 is 1.42 bits per heavy atom. The second kappa shape index (κ2) is 35.8. The lowest BCUT2D eigenvalue weighted by molar-refractivity contribution is -0.161. The van der Waals surface area contributed by atoms with Crippen LogP contribution < -0.4 is 5.32 Å². The second-order valence-corrected chi connectivity index (χ2v) is 14.8. The van der Waals surface area contributed by atoms with Crippen LogP contribution in [-0.2, 0) is 32.7 Å². The van der Waals surface area contributed by atoms with Crippen molar-refractivity contribution in [2.24, 2.45) is 0 Å². The van der Waals surface area contributed by atoms with Gasteiger partial charge in [-0.25, -0.2) is 4.57 Å². The molecular weight excluding hydrogens is 629 g/mol. The molecule has 0 radical (unpaired) electrons. The van der Waals surface area contributed by atoms with Gasteiger partial charge in [-0.05, 0) is 19.8 Å². The molecule has 1 unspecified atom stereocenters. The fourth-order valence-corrected chi connectivity index (χ4v) is 6.37. The molecule has 0 spiro atoms. The van der Waals surface area contributed by atoms with Gasteiger partial charge in [0.1, 0.15) is 6.61 Å². The fraction of sp³-hybridized carbons (Fsp3) is 0.947. The topological polar surface area (TPSA) is 120 Å². The summed E-state index contributed by atoms with van der Waals surface area (Å²) in [5.41, 5.74) is 0. The van der Waals surface area contributed by atoms with Crippen molar-refractivity contribution >= 4 is 19.8 Å². The number of phosphoric ester groups is 1. The first-order valence-corrected chi connectivity index (χ1v) is 21.2. The molecule has 2 N–H and O–H groups in total. The number of esters is 2. The number of rotatable bonds is 38. The van der Waals surface area contributed by atoms with Gasteiger partial charge in [-0.1, -0.05) is 168 Å². The Hall–Kier alpha value is -0.990. The van der Waals surface area contributed by atoms with E-state index in [1.165, 1.54) is 116 Å². The molecule has 2 atom stereocenters. The molecule has 48 heavy (non-hydrogen) atoms. The maximum absolute atomic E-state index is 12.6. The van der Waals surface area contributed by atoms with Gasteiger partial charge in [0.15, 0.2) is 6.10 Å². The Labute approximate surface area is 299 Å². The zero-order valence-electron chi connectivity index (χ0n) is 34.0. The first-order chi connectivity index (χ1) is 24.5. The monoisotopic (exact) mass is 709 g/mol. The standard InChI is InChI=1S/C38H76NO8P/c1-4-6-8-10-12-14-16-18-20-22-24-26-28-30-37(40)44-34-36(35-46-48(42,43)45-33-32-39-3)47-38(41)31-29-27-25-23-21-19-17-15-13-11-9-7-5-2/h36,39H,4-35H2,1-3H3,(H,42,43)/t36-/m1/s1/i3D3. The van der Waals surface area contributed by atoms with E-state index >= 15 is 0 Å². The molecule has 0 aromatic heterocycles. The van der Waals surface area contributed by atoms with Gasteiger partial charge in [0.2, 0.25) is 0 Å². The predicted octanol–water partition coefficient (Wildman–Crippen LogP) is 10.8. The van der Waals surface area contributed by atoms with Gasteiger partial charge in [0.05, 0.1) is 13.2 Å². The maximum atomic E-state index is 12.6. The molecule has 0 saturated carbocycles. The number of phosphoric acid groups is 1. The zero-order chi connectivity index (χ0) is 37.9. The number of ether oxygens (including phenoxy) is 2. The zero-order valence-corrected chi connectivity index (χ0v) is 31.9. The third-order valence-electron chi connectivity index (χ3n) is 8.60. The first kappa shape index (κ1) is 41.4. The Morgan fingerprint density at radius 1 is 0.604 bits per heavy atom. The summed E-state index contributed by atoms with van der Waals surface area (Å²) in [6, 6.07) is 0. The number of carbonyl (C=O) groups is 2. The van der Waals surface area contributed by atoms with Gasteiger partial charge >= 0.3 is 19.8 Å². The van der Waals surface area contributed by atoms with E-state index in [0.29, 0.717) is 12.8 Å². The summed E-state index contributed by atoms with van der Waals surface area (Å²) in [6.07, 6.45) is 30.5. The third kappa shape index (κ3) is 34.9. The van der Waals surface area contributed by atoms with Crippen LogP contribution in [0.5, 0.6) is 0 Å². The number of hydrogen-bond donors (Lipinski definition) is 2. The third-order valence-corrected chi connectivity index (χ3v) is 9.59. The van der Waals surface area contributed by atoms with Crippen LogP contribution in [0.2, 0.25) is 0 Å². The molecule has 0 aromatic carbocycles. The number of nitrogens with one attached hydrogen (secondary N) is 1. The summed E-state index contributed by atoms with van der Waals surface area (Å²) in [4.78, 5) is 35.0. The average molecular weight is 709 g/mol. The van der Waals surface area contributed by atoms with Gasteiger partial charge in [-0.3, -0.25) is 18.6 Å². The highest BCUT2D eigenvalue weighted by Gasteiger charge is 2.26. The largest absolute Gasteiger partial charge is 0.472 e. The summed E-state index contributed by atoms with van der Waals surface area (Å²) in [7, 11) is -4.57. The van der Waals surface area contributed by atoms with E-state index in [9.17, 15) is 19.0 Å². The van der Waals surface area contributed by atoms with Crippen LogP contribution in [0.15, 0.2) is 0 Å². The number of carbonyl (C=O) groups excluding carboxylic acids is 2. The lowest BCUT2D eigenvalue weighted by Gasteiger charge is -2.20. The number of unbranched alkanes of at least 4 members (excludes halogenated alkanes) is 24. The van der Waals surface area contributed by atoms with Gasteiger partial charge < -0.3 is 19.7 Å². The molecule has 0 aliphatic carbocycles. The van der Waals surface area contributed by atoms with Crippen molar-refractivity contribution in [2.45, 2.75) is 200 Å². The Kier molecular flexibility index (Phi) is 30.9. The van der Waals surface area contributed by atoms with E-state index in [2.05, 4.69) is 19.2 Å². The van der Waals surface area contributed by atoms with Crippen LogP contribution >= 0.6 is 7.82 Å². The molecule has 286 valence electrons. The summed E-state index contributed by atoms with van der Waals surface area (Å²) in [5.74, 6) is -0.912. The molecular formula is C38H76NO8P. The van der Waals surface area contributed by atoms with E-state index < -0.39 is 39.4 Å². The first-order valence-electron chi connectivity index (χ1n) is 21.2. The highest BCUT2D eigenvalue weighted by molar-refractivity contribution is 7.47. The fourth-order valence-electron chi connectivity index (χ4n) is 5.62. The molecule has 10 heteroatoms. The molecule has 9 nitrogen and oxygen atoms in total. The van der Waals surface area contributed by atoms with Crippen LogP contribution in [0.3, 0.4) is 0 Å². The SMILES string of the molecule is [2H]C([2H])([2H])NCCOP(=O)(O)OC[C@@H](COC(=O)CCCCCCCCCCCCCCC)OC(=O)CCCCCCCCCCCCCCC. The van der Waals surface area contributed by atoms with Crippen LogP contribution in [0.4, 0.5) is 0 Å². The number of hydrogen-bond acceptors (Lipinski definition) is 8. The Morgan fingerprint density at radius 2 is 1.00 bits per heavy atom. The van der Waals surface area contributed by atoms with Crippen molar-refractivity contribution in [3.63, 3.8) is 0 Å². The van der Waals surface area contributed by atoms with E-state index in [4.69, 9.17) is 22.6 Å². The summed E-state index contributed by atoms with van der Waals surface area (Å²) < 4.78 is 54.3. The van der Waals surface area contributed by atoms with Crippen molar-refractivity contribution in [2.75, 3.05) is 33.3 Å². The van der Waals surface area contributed by atoms with E-state index in [1.807, 2.05) is 0 Å². The minimum atomic E-state index is -4.57. The number of likely N-dealkylation sites (N-methyl/N-ethyl adjacent to an activating group) is 1. The average Bonchev–Trinajstić information content (AvgIpc) is 3.08. The van der Waals surface area contributed by atoms with Gasteiger partial charge in [0, 0.05) is 23.5 Å².